The van der Waals surface area contributed by atoms with Crippen LogP contribution in [0.15, 0.2) is 0 Å². The Bertz CT molecular complexity index is 304. The van der Waals surface area contributed by atoms with Gasteiger partial charge in [0.05, 0.1) is 5.75 Å². The highest BCUT2D eigenvalue weighted by Crippen LogP contribution is 2.35. The molecule has 0 aliphatic heterocycles. The standard InChI is InChI=1S/C10H20ClNO2S/c1-10(2,3)7-15(13,14)12-6-9(11)8-4-5-8/h8-9,12H,4-7H2,1-3H3. The number of hydrogen-bond donors (Lipinski definition) is 1. The van der Waals surface area contributed by atoms with E-state index in [1.165, 1.54) is 0 Å². The second kappa shape index (κ2) is 4.60. The average molecular weight is 254 g/mol. The number of alkyl halides is 1. The molecule has 1 rings (SSSR count). The Morgan fingerprint density at radius 1 is 1.40 bits per heavy atom. The van der Waals surface area contributed by atoms with Crippen LogP contribution in [0.4, 0.5) is 0 Å². The van der Waals surface area contributed by atoms with Crippen molar-refractivity contribution < 1.29 is 8.42 Å². The fourth-order valence-corrected chi connectivity index (χ4v) is 3.55. The first kappa shape index (κ1) is 13.3. The van der Waals surface area contributed by atoms with Crippen LogP contribution < -0.4 is 4.72 Å². The Morgan fingerprint density at radius 2 is 1.93 bits per heavy atom. The van der Waals surface area contributed by atoms with E-state index in [1.54, 1.807) is 0 Å². The van der Waals surface area contributed by atoms with Gasteiger partial charge in [-0.1, -0.05) is 20.8 Å². The predicted molar refractivity (Wildman–Crippen MR) is 63.6 cm³/mol. The molecule has 1 N–H and O–H groups in total. The third kappa shape index (κ3) is 5.73. The van der Waals surface area contributed by atoms with Crippen molar-refractivity contribution in [2.75, 3.05) is 12.3 Å². The third-order valence-corrected chi connectivity index (χ3v) is 4.62. The minimum atomic E-state index is -3.17. The van der Waals surface area contributed by atoms with E-state index >= 15 is 0 Å². The maximum Gasteiger partial charge on any atom is 0.212 e. The van der Waals surface area contributed by atoms with Crippen molar-refractivity contribution >= 4 is 21.6 Å². The monoisotopic (exact) mass is 253 g/mol. The van der Waals surface area contributed by atoms with Crippen LogP contribution in [-0.4, -0.2) is 26.1 Å². The zero-order valence-corrected chi connectivity index (χ0v) is 11.2. The van der Waals surface area contributed by atoms with E-state index in [4.69, 9.17) is 11.6 Å². The van der Waals surface area contributed by atoms with E-state index in [0.717, 1.165) is 12.8 Å². The molecule has 1 aliphatic carbocycles. The summed E-state index contributed by atoms with van der Waals surface area (Å²) in [4.78, 5) is 0. The van der Waals surface area contributed by atoms with Crippen molar-refractivity contribution in [1.29, 1.82) is 0 Å². The van der Waals surface area contributed by atoms with Gasteiger partial charge in [-0.25, -0.2) is 13.1 Å². The van der Waals surface area contributed by atoms with E-state index in [1.807, 2.05) is 20.8 Å². The second-order valence-corrected chi connectivity index (χ2v) is 7.89. The molecule has 3 nitrogen and oxygen atoms in total. The number of rotatable bonds is 5. The van der Waals surface area contributed by atoms with Crippen LogP contribution in [0.3, 0.4) is 0 Å². The van der Waals surface area contributed by atoms with Crippen LogP contribution in [0.25, 0.3) is 0 Å². The van der Waals surface area contributed by atoms with Gasteiger partial charge >= 0.3 is 0 Å². The lowest BCUT2D eigenvalue weighted by Gasteiger charge is -2.19. The summed E-state index contributed by atoms with van der Waals surface area (Å²) in [5, 5.41) is -0.0419. The summed E-state index contributed by atoms with van der Waals surface area (Å²) in [5.41, 5.74) is -0.215. The van der Waals surface area contributed by atoms with Gasteiger partial charge in [0.2, 0.25) is 10.0 Å². The van der Waals surface area contributed by atoms with Gasteiger partial charge in [0, 0.05) is 11.9 Å². The molecule has 5 heteroatoms. The molecule has 0 bridgehead atoms. The summed E-state index contributed by atoms with van der Waals surface area (Å²) in [6, 6.07) is 0. The molecule has 0 spiro atoms. The number of halogens is 1. The molecule has 15 heavy (non-hydrogen) atoms. The van der Waals surface area contributed by atoms with Gasteiger partial charge < -0.3 is 0 Å². The molecular formula is C10H20ClNO2S. The van der Waals surface area contributed by atoms with Gasteiger partial charge in [0.15, 0.2) is 0 Å². The molecular weight excluding hydrogens is 234 g/mol. The molecule has 0 aromatic heterocycles. The quantitative estimate of drug-likeness (QED) is 0.762. The van der Waals surface area contributed by atoms with Crippen LogP contribution in [0.1, 0.15) is 33.6 Å². The summed E-state index contributed by atoms with van der Waals surface area (Å²) in [7, 11) is -3.17. The second-order valence-electron chi connectivity index (χ2n) is 5.52. The van der Waals surface area contributed by atoms with Crippen LogP contribution in [0, 0.1) is 11.3 Å². The normalized spacial score (nSPS) is 20.3. The average Bonchev–Trinajstić information content (AvgIpc) is 2.77. The molecule has 1 aliphatic rings. The Balaban J connectivity index is 2.35. The molecule has 1 saturated carbocycles. The van der Waals surface area contributed by atoms with Crippen LogP contribution in [0.2, 0.25) is 0 Å². The topological polar surface area (TPSA) is 46.2 Å². The zero-order chi connectivity index (χ0) is 11.7. The third-order valence-electron chi connectivity index (χ3n) is 2.25. The Hall–Kier alpha value is 0.200. The lowest BCUT2D eigenvalue weighted by atomic mass is 10.0. The van der Waals surface area contributed by atoms with Gasteiger partial charge in [-0.3, -0.25) is 0 Å². The van der Waals surface area contributed by atoms with Crippen LogP contribution in [0.5, 0.6) is 0 Å². The molecule has 1 unspecified atom stereocenters. The maximum absolute atomic E-state index is 11.6. The van der Waals surface area contributed by atoms with E-state index in [9.17, 15) is 8.42 Å². The SMILES string of the molecule is CC(C)(C)CS(=O)(=O)NCC(Cl)C1CC1. The summed E-state index contributed by atoms with van der Waals surface area (Å²) in [6.45, 7) is 6.09. The summed E-state index contributed by atoms with van der Waals surface area (Å²) >= 11 is 6.03. The largest absolute Gasteiger partial charge is 0.214 e. The number of nitrogens with one attached hydrogen (secondary N) is 1. The molecule has 0 amide bonds. The molecule has 0 aromatic carbocycles. The van der Waals surface area contributed by atoms with Crippen LogP contribution in [-0.2, 0) is 10.0 Å². The lowest BCUT2D eigenvalue weighted by molar-refractivity contribution is 0.457. The van der Waals surface area contributed by atoms with Gasteiger partial charge in [0.1, 0.15) is 0 Å². The fourth-order valence-electron chi connectivity index (χ4n) is 1.45. The first-order valence-corrected chi connectivity index (χ1v) is 7.40. The predicted octanol–water partition coefficient (Wildman–Crippen LogP) is 1.97. The molecule has 0 radical (unpaired) electrons. The Labute approximate surface area is 97.6 Å². The molecule has 0 heterocycles. The fraction of sp³-hybridized carbons (Fsp3) is 1.00. The van der Waals surface area contributed by atoms with Gasteiger partial charge in [-0.2, -0.15) is 0 Å². The number of sulfonamides is 1. The van der Waals surface area contributed by atoms with E-state index in [0.29, 0.717) is 12.5 Å². The highest BCUT2D eigenvalue weighted by molar-refractivity contribution is 7.89. The molecule has 1 atom stereocenters. The van der Waals surface area contributed by atoms with E-state index < -0.39 is 10.0 Å². The van der Waals surface area contributed by atoms with E-state index in [-0.39, 0.29) is 16.5 Å². The Kier molecular flexibility index (Phi) is 4.07. The molecule has 0 saturated heterocycles. The summed E-state index contributed by atoms with van der Waals surface area (Å²) in [5.74, 6) is 0.665. The van der Waals surface area contributed by atoms with Crippen LogP contribution >= 0.6 is 11.6 Å². The highest BCUT2D eigenvalue weighted by atomic mass is 35.5. The van der Waals surface area contributed by atoms with E-state index in [2.05, 4.69) is 4.72 Å². The van der Waals surface area contributed by atoms with Crippen molar-refractivity contribution in [3.63, 3.8) is 0 Å². The zero-order valence-electron chi connectivity index (χ0n) is 9.59. The first-order chi connectivity index (χ1) is 6.70. The summed E-state index contributed by atoms with van der Waals surface area (Å²) < 4.78 is 25.8. The maximum atomic E-state index is 11.6. The molecule has 1 fully saturated rings. The summed E-state index contributed by atoms with van der Waals surface area (Å²) in [6.07, 6.45) is 2.27. The number of hydrogen-bond acceptors (Lipinski definition) is 2. The first-order valence-electron chi connectivity index (χ1n) is 5.31. The van der Waals surface area contributed by atoms with Gasteiger partial charge in [0.25, 0.3) is 0 Å². The molecule has 0 aromatic rings. The van der Waals surface area contributed by atoms with Gasteiger partial charge in [-0.15, -0.1) is 11.6 Å². The molecule has 90 valence electrons. The van der Waals surface area contributed by atoms with Crippen molar-refractivity contribution in [2.24, 2.45) is 11.3 Å². The van der Waals surface area contributed by atoms with Crippen molar-refractivity contribution in [3.8, 4) is 0 Å². The minimum absolute atomic E-state index is 0.0419. The van der Waals surface area contributed by atoms with Crippen molar-refractivity contribution in [3.05, 3.63) is 0 Å². The lowest BCUT2D eigenvalue weighted by Crippen LogP contribution is -2.36. The Morgan fingerprint density at radius 3 is 2.33 bits per heavy atom. The smallest absolute Gasteiger partial charge is 0.212 e. The van der Waals surface area contributed by atoms with Gasteiger partial charge in [-0.05, 0) is 24.2 Å². The minimum Gasteiger partial charge on any atom is -0.214 e. The van der Waals surface area contributed by atoms with Crippen molar-refractivity contribution in [2.45, 2.75) is 39.0 Å². The highest BCUT2D eigenvalue weighted by Gasteiger charge is 2.31. The van der Waals surface area contributed by atoms with Crippen molar-refractivity contribution in [1.82, 2.24) is 4.72 Å².